The van der Waals surface area contributed by atoms with Crippen molar-refractivity contribution in [2.45, 2.75) is 35.7 Å². The summed E-state index contributed by atoms with van der Waals surface area (Å²) in [6.45, 7) is 4.17. The van der Waals surface area contributed by atoms with E-state index in [1.54, 1.807) is 4.52 Å². The number of rotatable bonds is 4. The molecule has 0 spiro atoms. The van der Waals surface area contributed by atoms with E-state index in [1.165, 1.54) is 18.5 Å². The van der Waals surface area contributed by atoms with Gasteiger partial charge in [0.1, 0.15) is 11.1 Å². The maximum atomic E-state index is 14.5. The van der Waals surface area contributed by atoms with Gasteiger partial charge in [0.05, 0.1) is 34.5 Å². The lowest BCUT2D eigenvalue weighted by Gasteiger charge is -2.29. The molecule has 4 aromatic rings. The molecule has 1 fully saturated rings. The van der Waals surface area contributed by atoms with Crippen LogP contribution in [0.3, 0.4) is 0 Å². The quantitative estimate of drug-likeness (QED) is 0.409. The molecule has 0 atom stereocenters. The number of likely N-dealkylation sites (tertiary alicyclic amines) is 1. The number of fused-ring (bicyclic) bond motifs is 1. The second-order valence-electron chi connectivity index (χ2n) is 8.22. The molecule has 4 aromatic heterocycles. The van der Waals surface area contributed by atoms with Crippen LogP contribution in [0.15, 0.2) is 46.8 Å². The number of aromatic nitrogens is 5. The zero-order valence-electron chi connectivity index (χ0n) is 18.2. The Balaban J connectivity index is 1.58. The summed E-state index contributed by atoms with van der Waals surface area (Å²) in [6.07, 6.45) is 8.80. The minimum Gasteiger partial charge on any atom is -0.306 e. The van der Waals surface area contributed by atoms with Crippen molar-refractivity contribution < 1.29 is 4.39 Å². The summed E-state index contributed by atoms with van der Waals surface area (Å²) in [5, 5.41) is 19.0. The zero-order chi connectivity index (χ0) is 23.1. The largest absolute Gasteiger partial charge is 0.306 e. The van der Waals surface area contributed by atoms with Gasteiger partial charge in [0.25, 0.3) is 0 Å². The molecule has 0 aliphatic carbocycles. The van der Waals surface area contributed by atoms with Gasteiger partial charge in [0, 0.05) is 34.1 Å². The second-order valence-corrected chi connectivity index (χ2v) is 9.69. The third-order valence-electron chi connectivity index (χ3n) is 6.07. The molecule has 1 aliphatic heterocycles. The van der Waals surface area contributed by atoms with Crippen LogP contribution in [0.4, 0.5) is 4.39 Å². The number of hydrogen-bond acceptors (Lipinski definition) is 6. The van der Waals surface area contributed by atoms with Gasteiger partial charge in [-0.2, -0.15) is 15.5 Å². The first-order valence-electron chi connectivity index (χ1n) is 10.6. The molecular formula is C23H21ClFN7S. The van der Waals surface area contributed by atoms with E-state index in [1.807, 2.05) is 18.5 Å². The molecule has 0 aromatic carbocycles. The highest BCUT2D eigenvalue weighted by Crippen LogP contribution is 2.37. The summed E-state index contributed by atoms with van der Waals surface area (Å²) in [7, 11) is 2.14. The van der Waals surface area contributed by atoms with Gasteiger partial charge in [-0.25, -0.2) is 13.9 Å². The van der Waals surface area contributed by atoms with E-state index in [0.717, 1.165) is 54.5 Å². The fourth-order valence-electron chi connectivity index (χ4n) is 4.29. The number of pyridine rings is 2. The van der Waals surface area contributed by atoms with E-state index in [-0.39, 0.29) is 10.0 Å². The smallest absolute Gasteiger partial charge is 0.157 e. The first-order valence-corrected chi connectivity index (χ1v) is 11.8. The lowest BCUT2D eigenvalue weighted by molar-refractivity contribution is 0.210. The first kappa shape index (κ1) is 21.9. The van der Waals surface area contributed by atoms with Gasteiger partial charge in [-0.15, -0.1) is 0 Å². The molecule has 5 heterocycles. The van der Waals surface area contributed by atoms with Crippen LogP contribution in [0.1, 0.15) is 30.1 Å². The summed E-state index contributed by atoms with van der Waals surface area (Å²) >= 11 is 7.01. The Bertz CT molecular complexity index is 1380. The maximum absolute atomic E-state index is 14.5. The molecule has 0 unspecified atom stereocenters. The molecule has 7 nitrogen and oxygen atoms in total. The number of halogens is 2. The number of nitrogens with zero attached hydrogens (tertiary/aromatic N) is 7. The van der Waals surface area contributed by atoms with Crippen molar-refractivity contribution in [3.8, 4) is 17.2 Å². The van der Waals surface area contributed by atoms with Crippen LogP contribution in [0, 0.1) is 24.1 Å². The summed E-state index contributed by atoms with van der Waals surface area (Å²) in [6, 6.07) is 5.72. The van der Waals surface area contributed by atoms with Crippen LogP contribution in [-0.2, 0) is 0 Å². The second kappa shape index (κ2) is 8.78. The molecule has 0 saturated carbocycles. The first-order chi connectivity index (χ1) is 15.9. The van der Waals surface area contributed by atoms with E-state index in [0.29, 0.717) is 22.0 Å². The summed E-state index contributed by atoms with van der Waals surface area (Å²) in [5.41, 5.74) is 3.98. The third-order valence-corrected chi connectivity index (χ3v) is 7.30. The van der Waals surface area contributed by atoms with Crippen molar-refractivity contribution in [3.05, 3.63) is 59.0 Å². The monoisotopic (exact) mass is 481 g/mol. The molecule has 1 aliphatic rings. The fraction of sp³-hybridized carbons (Fsp3) is 0.304. The summed E-state index contributed by atoms with van der Waals surface area (Å²) < 4.78 is 18.3. The van der Waals surface area contributed by atoms with Gasteiger partial charge in [-0.3, -0.25) is 4.68 Å². The Hall–Kier alpha value is -2.93. The molecule has 33 heavy (non-hydrogen) atoms. The fourth-order valence-corrected chi connectivity index (χ4v) is 5.39. The van der Waals surface area contributed by atoms with E-state index in [9.17, 15) is 9.65 Å². The maximum Gasteiger partial charge on any atom is 0.157 e. The van der Waals surface area contributed by atoms with Gasteiger partial charge >= 0.3 is 0 Å². The van der Waals surface area contributed by atoms with E-state index < -0.39 is 5.82 Å². The Labute approximate surface area is 199 Å². The molecule has 10 heteroatoms. The van der Waals surface area contributed by atoms with Gasteiger partial charge in [-0.05, 0) is 52.0 Å². The van der Waals surface area contributed by atoms with Crippen molar-refractivity contribution in [2.75, 3.05) is 20.1 Å². The molecule has 1 saturated heterocycles. The molecule has 5 rings (SSSR count). The normalized spacial score (nSPS) is 15.2. The molecular weight excluding hydrogens is 461 g/mol. The minimum atomic E-state index is -0.514. The van der Waals surface area contributed by atoms with Crippen LogP contribution in [0.2, 0.25) is 5.02 Å². The van der Waals surface area contributed by atoms with Crippen LogP contribution in [0.5, 0.6) is 0 Å². The highest BCUT2D eigenvalue weighted by atomic mass is 35.5. The topological polar surface area (TPSA) is 75.0 Å². The van der Waals surface area contributed by atoms with Crippen molar-refractivity contribution in [2.24, 2.45) is 0 Å². The van der Waals surface area contributed by atoms with Gasteiger partial charge < -0.3 is 4.90 Å². The number of piperidine rings is 1. The van der Waals surface area contributed by atoms with Crippen LogP contribution in [-0.4, -0.2) is 49.4 Å². The van der Waals surface area contributed by atoms with Gasteiger partial charge in [0.15, 0.2) is 5.82 Å². The number of nitriles is 1. The van der Waals surface area contributed by atoms with Crippen LogP contribution < -0.4 is 0 Å². The lowest BCUT2D eigenvalue weighted by Crippen LogP contribution is -2.32. The predicted molar refractivity (Wildman–Crippen MR) is 125 cm³/mol. The Morgan fingerprint density at radius 1 is 1.18 bits per heavy atom. The van der Waals surface area contributed by atoms with Gasteiger partial charge in [0.2, 0.25) is 0 Å². The van der Waals surface area contributed by atoms with Crippen molar-refractivity contribution >= 4 is 28.9 Å². The standard InChI is InChI=1S/C23H21ClFN7S/c1-14-19(12-29-32(14)18-3-5-30(2)6-4-18)15-7-21(22-16(9-26)10-28-31(22)13-15)33-23-20(25)8-17(24)11-27-23/h7-8,10-13,18H,3-6H2,1-2H3. The SMILES string of the molecule is Cc1c(-c2cc(Sc3ncc(Cl)cc3F)c3c(C#N)cnn3c2)cnn1C1CCN(C)CC1. The van der Waals surface area contributed by atoms with Crippen molar-refractivity contribution in [1.29, 1.82) is 5.26 Å². The van der Waals surface area contributed by atoms with Crippen molar-refractivity contribution in [1.82, 2.24) is 29.3 Å². The molecule has 0 bridgehead atoms. The highest BCUT2D eigenvalue weighted by molar-refractivity contribution is 7.99. The van der Waals surface area contributed by atoms with Crippen molar-refractivity contribution in [3.63, 3.8) is 0 Å². The molecule has 0 amide bonds. The van der Waals surface area contributed by atoms with E-state index in [2.05, 4.69) is 39.7 Å². The van der Waals surface area contributed by atoms with Crippen LogP contribution >= 0.6 is 23.4 Å². The van der Waals surface area contributed by atoms with E-state index >= 15 is 0 Å². The van der Waals surface area contributed by atoms with E-state index in [4.69, 9.17) is 16.7 Å². The average Bonchev–Trinajstić information content (AvgIpc) is 3.39. The Morgan fingerprint density at radius 3 is 2.70 bits per heavy atom. The molecule has 168 valence electrons. The number of hydrogen-bond donors (Lipinski definition) is 0. The van der Waals surface area contributed by atoms with Gasteiger partial charge in [-0.1, -0.05) is 23.4 Å². The zero-order valence-corrected chi connectivity index (χ0v) is 19.7. The molecule has 0 N–H and O–H groups in total. The van der Waals surface area contributed by atoms with Crippen LogP contribution in [0.25, 0.3) is 16.6 Å². The minimum absolute atomic E-state index is 0.183. The third kappa shape index (κ3) is 4.10. The highest BCUT2D eigenvalue weighted by Gasteiger charge is 2.23. The lowest BCUT2D eigenvalue weighted by atomic mass is 10.0. The summed E-state index contributed by atoms with van der Waals surface area (Å²) in [5.74, 6) is -0.514. The average molecular weight is 482 g/mol. The Kier molecular flexibility index (Phi) is 5.83. The molecule has 0 radical (unpaired) electrons. The predicted octanol–water partition coefficient (Wildman–Crippen LogP) is 4.98. The summed E-state index contributed by atoms with van der Waals surface area (Å²) in [4.78, 5) is 7.15. The Morgan fingerprint density at radius 2 is 1.97 bits per heavy atom.